The minimum Gasteiger partial charge on any atom is -0.377 e. The number of allylic oxidation sites excluding steroid dienone is 5. The first-order chi connectivity index (χ1) is 11.5. The van der Waals surface area contributed by atoms with Crippen molar-refractivity contribution < 1.29 is 0 Å². The predicted molar refractivity (Wildman–Crippen MR) is 99.9 cm³/mol. The molecule has 1 rings (SSSR count). The van der Waals surface area contributed by atoms with Crippen LogP contribution in [0.15, 0.2) is 35.1 Å². The summed E-state index contributed by atoms with van der Waals surface area (Å²) in [6.07, 6.45) is 13.0. The van der Waals surface area contributed by atoms with Crippen molar-refractivity contribution in [1.82, 2.24) is 4.90 Å². The van der Waals surface area contributed by atoms with Crippen molar-refractivity contribution in [2.24, 2.45) is 5.41 Å². The molecular formula is C21H31N3. The van der Waals surface area contributed by atoms with Crippen molar-refractivity contribution >= 4 is 0 Å². The lowest BCUT2D eigenvalue weighted by molar-refractivity contribution is 0.349. The molecule has 0 spiro atoms. The van der Waals surface area contributed by atoms with E-state index in [1.165, 1.54) is 31.3 Å². The first-order valence-corrected chi connectivity index (χ1v) is 9.12. The van der Waals surface area contributed by atoms with Gasteiger partial charge in [-0.1, -0.05) is 46.6 Å². The summed E-state index contributed by atoms with van der Waals surface area (Å²) in [6, 6.07) is 4.08. The second-order valence-electron chi connectivity index (χ2n) is 7.42. The largest absolute Gasteiger partial charge is 0.377 e. The van der Waals surface area contributed by atoms with Gasteiger partial charge >= 0.3 is 0 Å². The van der Waals surface area contributed by atoms with Crippen LogP contribution in [0.3, 0.4) is 0 Å². The summed E-state index contributed by atoms with van der Waals surface area (Å²) >= 11 is 0. The maximum Gasteiger partial charge on any atom is 0.132 e. The number of hydrogen-bond acceptors (Lipinski definition) is 3. The van der Waals surface area contributed by atoms with Gasteiger partial charge in [-0.2, -0.15) is 10.5 Å². The Bertz CT molecular complexity index is 555. The van der Waals surface area contributed by atoms with Crippen molar-refractivity contribution in [3.8, 4) is 12.1 Å². The van der Waals surface area contributed by atoms with E-state index < -0.39 is 0 Å². The first kappa shape index (κ1) is 20.0. The van der Waals surface area contributed by atoms with E-state index in [-0.39, 0.29) is 11.0 Å². The van der Waals surface area contributed by atoms with Gasteiger partial charge < -0.3 is 4.90 Å². The average molecular weight is 326 g/mol. The van der Waals surface area contributed by atoms with E-state index in [9.17, 15) is 0 Å². The molecule has 130 valence electrons. The standard InChI is InChI=1S/C21H31N3/c1-5-7-10-24(11-8-6-2)12-9-18-13-19(20(16-22)17-23)15-21(3,4)14-18/h9,12-13H,5-8,10-11,14-15H2,1-4H3/b12-9+. The topological polar surface area (TPSA) is 50.8 Å². The van der Waals surface area contributed by atoms with E-state index in [1.807, 2.05) is 18.2 Å². The highest BCUT2D eigenvalue weighted by molar-refractivity contribution is 5.48. The number of rotatable bonds is 8. The molecule has 0 aromatic carbocycles. The zero-order valence-corrected chi connectivity index (χ0v) is 15.7. The predicted octanol–water partition coefficient (Wildman–Crippen LogP) is 5.49. The summed E-state index contributed by atoms with van der Waals surface area (Å²) in [7, 11) is 0. The second-order valence-corrected chi connectivity index (χ2v) is 7.42. The Labute approximate surface area is 148 Å². The lowest BCUT2D eigenvalue weighted by Crippen LogP contribution is -2.21. The van der Waals surface area contributed by atoms with Gasteiger partial charge in [0, 0.05) is 13.1 Å². The Morgan fingerprint density at radius 2 is 1.71 bits per heavy atom. The summed E-state index contributed by atoms with van der Waals surface area (Å²) in [5.74, 6) is 0. The molecule has 0 heterocycles. The van der Waals surface area contributed by atoms with Gasteiger partial charge in [-0.3, -0.25) is 0 Å². The van der Waals surface area contributed by atoms with Crippen LogP contribution in [-0.4, -0.2) is 18.0 Å². The van der Waals surface area contributed by atoms with Gasteiger partial charge in [0.2, 0.25) is 0 Å². The molecule has 0 fully saturated rings. The Kier molecular flexibility index (Phi) is 8.34. The van der Waals surface area contributed by atoms with Gasteiger partial charge in [0.1, 0.15) is 17.7 Å². The molecule has 1 aliphatic rings. The minimum atomic E-state index is 0.0837. The molecule has 0 aliphatic heterocycles. The van der Waals surface area contributed by atoms with Crippen molar-refractivity contribution in [2.75, 3.05) is 13.1 Å². The maximum absolute atomic E-state index is 9.16. The smallest absolute Gasteiger partial charge is 0.132 e. The highest BCUT2D eigenvalue weighted by atomic mass is 15.1. The molecule has 0 N–H and O–H groups in total. The molecule has 0 aromatic heterocycles. The molecule has 0 amide bonds. The van der Waals surface area contributed by atoms with Crippen molar-refractivity contribution in [3.63, 3.8) is 0 Å². The van der Waals surface area contributed by atoms with Crippen LogP contribution >= 0.6 is 0 Å². The van der Waals surface area contributed by atoms with Crippen LogP contribution in [0.5, 0.6) is 0 Å². The SMILES string of the molecule is CCCCN(/C=C/C1=CC(=C(C#N)C#N)CC(C)(C)C1)CCCC. The maximum atomic E-state index is 9.16. The fraction of sp³-hybridized carbons (Fsp3) is 0.619. The summed E-state index contributed by atoms with van der Waals surface area (Å²) in [5, 5.41) is 18.3. The molecule has 24 heavy (non-hydrogen) atoms. The summed E-state index contributed by atoms with van der Waals surface area (Å²) < 4.78 is 0. The monoisotopic (exact) mass is 325 g/mol. The molecule has 0 saturated heterocycles. The second kappa shape index (κ2) is 9.99. The van der Waals surface area contributed by atoms with Gasteiger partial charge in [0.15, 0.2) is 0 Å². The van der Waals surface area contributed by atoms with Crippen LogP contribution in [0.25, 0.3) is 0 Å². The van der Waals surface area contributed by atoms with E-state index in [1.54, 1.807) is 0 Å². The van der Waals surface area contributed by atoms with Crippen LogP contribution < -0.4 is 0 Å². The van der Waals surface area contributed by atoms with Gasteiger partial charge in [0.25, 0.3) is 0 Å². The molecule has 0 bridgehead atoms. The lowest BCUT2D eigenvalue weighted by Gasteiger charge is -2.30. The molecular weight excluding hydrogens is 294 g/mol. The molecule has 0 saturated carbocycles. The fourth-order valence-corrected chi connectivity index (χ4v) is 3.08. The molecule has 3 heteroatoms. The third-order valence-electron chi connectivity index (χ3n) is 4.35. The van der Waals surface area contributed by atoms with Crippen LogP contribution in [-0.2, 0) is 0 Å². The summed E-state index contributed by atoms with van der Waals surface area (Å²) in [5.41, 5.74) is 2.43. The third-order valence-corrected chi connectivity index (χ3v) is 4.35. The molecule has 3 nitrogen and oxygen atoms in total. The highest BCUT2D eigenvalue weighted by Crippen LogP contribution is 2.39. The van der Waals surface area contributed by atoms with Crippen LogP contribution in [0.4, 0.5) is 0 Å². The number of nitrogens with zero attached hydrogens (tertiary/aromatic N) is 3. The number of unbranched alkanes of at least 4 members (excludes halogenated alkanes) is 2. The lowest BCUT2D eigenvalue weighted by atomic mass is 9.74. The van der Waals surface area contributed by atoms with Crippen LogP contribution in [0, 0.1) is 28.1 Å². The Hall–Kier alpha value is -2.00. The summed E-state index contributed by atoms with van der Waals surface area (Å²) in [4.78, 5) is 2.40. The van der Waals surface area contributed by atoms with E-state index >= 15 is 0 Å². The molecule has 0 unspecified atom stereocenters. The Morgan fingerprint density at radius 3 is 2.21 bits per heavy atom. The average Bonchev–Trinajstić information content (AvgIpc) is 2.54. The number of hydrogen-bond donors (Lipinski definition) is 0. The highest BCUT2D eigenvalue weighted by Gasteiger charge is 2.26. The van der Waals surface area contributed by atoms with E-state index in [2.05, 4.69) is 44.9 Å². The zero-order valence-electron chi connectivity index (χ0n) is 15.7. The van der Waals surface area contributed by atoms with E-state index in [4.69, 9.17) is 10.5 Å². The number of nitriles is 2. The minimum absolute atomic E-state index is 0.0837. The zero-order chi connectivity index (χ0) is 18.0. The van der Waals surface area contributed by atoms with Gasteiger partial charge in [0.05, 0.1) is 0 Å². The summed E-state index contributed by atoms with van der Waals surface area (Å²) in [6.45, 7) is 11.0. The van der Waals surface area contributed by atoms with Crippen LogP contribution in [0.2, 0.25) is 0 Å². The Balaban J connectivity index is 2.98. The molecule has 0 atom stereocenters. The Morgan fingerprint density at radius 1 is 1.12 bits per heavy atom. The molecule has 0 aromatic rings. The van der Waals surface area contributed by atoms with Gasteiger partial charge in [-0.25, -0.2) is 0 Å². The normalized spacial score (nSPS) is 16.4. The third kappa shape index (κ3) is 6.63. The van der Waals surface area contributed by atoms with Crippen molar-refractivity contribution in [3.05, 3.63) is 35.1 Å². The van der Waals surface area contributed by atoms with Crippen molar-refractivity contribution in [1.29, 1.82) is 10.5 Å². The fourth-order valence-electron chi connectivity index (χ4n) is 3.08. The van der Waals surface area contributed by atoms with Crippen molar-refractivity contribution in [2.45, 2.75) is 66.2 Å². The molecule has 1 aliphatic carbocycles. The molecule has 0 radical (unpaired) electrons. The van der Waals surface area contributed by atoms with Crippen LogP contribution in [0.1, 0.15) is 66.2 Å². The van der Waals surface area contributed by atoms with Gasteiger partial charge in [-0.15, -0.1) is 0 Å². The van der Waals surface area contributed by atoms with E-state index in [0.717, 1.165) is 31.5 Å². The first-order valence-electron chi connectivity index (χ1n) is 9.12. The van der Waals surface area contributed by atoms with E-state index in [0.29, 0.717) is 0 Å². The van der Waals surface area contributed by atoms with Gasteiger partial charge in [-0.05, 0) is 54.5 Å². The quantitative estimate of drug-likeness (QED) is 0.554.